The second kappa shape index (κ2) is 19.3. The molecule has 0 aromatic rings. The smallest absolute Gasteiger partial charge is 0.309 e. The van der Waals surface area contributed by atoms with E-state index in [-0.39, 0.29) is 23.9 Å². The Bertz CT molecular complexity index is 496. The van der Waals surface area contributed by atoms with Crippen molar-refractivity contribution in [1.82, 2.24) is 0 Å². The summed E-state index contributed by atoms with van der Waals surface area (Å²) in [5.74, 6) is -0.701. The monoisotopic (exact) mass is 466 g/mol. The highest BCUT2D eigenvalue weighted by Gasteiger charge is 2.33. The molecule has 1 rings (SSSR count). The number of carbonyl (C=O) groups excluding carboxylic acids is 1. The van der Waals surface area contributed by atoms with Crippen LogP contribution in [0.1, 0.15) is 149 Å². The van der Waals surface area contributed by atoms with Gasteiger partial charge in [-0.05, 0) is 57.3 Å². The Kier molecular flexibility index (Phi) is 17.5. The maximum Gasteiger partial charge on any atom is 0.309 e. The number of unbranched alkanes of at least 4 members (excludes halogenated alkanes) is 10. The number of aliphatic carboxylic acids is 1. The molecule has 0 amide bonds. The van der Waals surface area contributed by atoms with Crippen LogP contribution in [0.25, 0.3) is 0 Å². The summed E-state index contributed by atoms with van der Waals surface area (Å²) in [6.07, 6.45) is 22.4. The molecule has 4 nitrogen and oxygen atoms in total. The Morgan fingerprint density at radius 2 is 1.15 bits per heavy atom. The van der Waals surface area contributed by atoms with Gasteiger partial charge in [-0.1, -0.05) is 97.8 Å². The summed E-state index contributed by atoms with van der Waals surface area (Å²) < 4.78 is 6.22. The van der Waals surface area contributed by atoms with Crippen molar-refractivity contribution >= 4 is 11.9 Å². The lowest BCUT2D eigenvalue weighted by atomic mass is 9.82. The van der Waals surface area contributed by atoms with Gasteiger partial charge in [0.2, 0.25) is 0 Å². The number of hydrogen-bond donors (Lipinski definition) is 1. The van der Waals surface area contributed by atoms with Crippen LogP contribution in [0.5, 0.6) is 0 Å². The van der Waals surface area contributed by atoms with Crippen molar-refractivity contribution in [3.8, 4) is 0 Å². The Morgan fingerprint density at radius 3 is 1.70 bits per heavy atom. The normalized spacial score (nSPS) is 20.3. The van der Waals surface area contributed by atoms with E-state index < -0.39 is 5.97 Å². The third kappa shape index (κ3) is 13.4. The summed E-state index contributed by atoms with van der Waals surface area (Å²) >= 11 is 0. The van der Waals surface area contributed by atoms with Crippen molar-refractivity contribution in [2.24, 2.45) is 17.8 Å². The minimum absolute atomic E-state index is 0.0380. The van der Waals surface area contributed by atoms with Crippen molar-refractivity contribution in [3.63, 3.8) is 0 Å². The van der Waals surface area contributed by atoms with E-state index in [1.165, 1.54) is 70.6 Å². The second-order valence-corrected chi connectivity index (χ2v) is 10.5. The quantitative estimate of drug-likeness (QED) is 0.144. The first-order valence-corrected chi connectivity index (χ1v) is 14.5. The maximum atomic E-state index is 13.0. The predicted molar refractivity (Wildman–Crippen MR) is 137 cm³/mol. The minimum Gasteiger partial charge on any atom is -0.481 e. The Balaban J connectivity index is 2.54. The van der Waals surface area contributed by atoms with Gasteiger partial charge in [0.15, 0.2) is 0 Å². The van der Waals surface area contributed by atoms with Crippen LogP contribution >= 0.6 is 0 Å². The van der Waals surface area contributed by atoms with Crippen LogP contribution in [-0.2, 0) is 14.3 Å². The molecule has 194 valence electrons. The van der Waals surface area contributed by atoms with Crippen molar-refractivity contribution in [2.45, 2.75) is 155 Å². The van der Waals surface area contributed by atoms with Crippen LogP contribution in [0.4, 0.5) is 0 Å². The first-order chi connectivity index (χ1) is 16.0. The van der Waals surface area contributed by atoms with Gasteiger partial charge in [0, 0.05) is 0 Å². The van der Waals surface area contributed by atoms with E-state index in [9.17, 15) is 14.7 Å². The summed E-state index contributed by atoms with van der Waals surface area (Å²) in [5, 5.41) is 9.24. The first kappa shape index (κ1) is 30.0. The Hall–Kier alpha value is -1.06. The number of rotatable bonds is 20. The number of carboxylic acids is 1. The molecule has 0 aromatic heterocycles. The maximum absolute atomic E-state index is 13.0. The van der Waals surface area contributed by atoms with Crippen LogP contribution in [0.3, 0.4) is 0 Å². The largest absolute Gasteiger partial charge is 0.481 e. The van der Waals surface area contributed by atoms with Crippen molar-refractivity contribution in [1.29, 1.82) is 0 Å². The van der Waals surface area contributed by atoms with Crippen LogP contribution in [0.2, 0.25) is 0 Å². The molecule has 0 heterocycles. The van der Waals surface area contributed by atoms with Crippen LogP contribution in [0, 0.1) is 17.8 Å². The molecule has 0 saturated heterocycles. The topological polar surface area (TPSA) is 63.6 Å². The molecule has 0 aromatic carbocycles. The highest BCUT2D eigenvalue weighted by atomic mass is 16.5. The molecule has 1 aliphatic rings. The zero-order valence-corrected chi connectivity index (χ0v) is 22.1. The molecule has 33 heavy (non-hydrogen) atoms. The van der Waals surface area contributed by atoms with E-state index in [0.717, 1.165) is 32.1 Å². The van der Waals surface area contributed by atoms with E-state index in [2.05, 4.69) is 20.8 Å². The fourth-order valence-electron chi connectivity index (χ4n) is 5.41. The van der Waals surface area contributed by atoms with Gasteiger partial charge < -0.3 is 9.84 Å². The summed E-state index contributed by atoms with van der Waals surface area (Å²) in [7, 11) is 0. The van der Waals surface area contributed by atoms with E-state index in [4.69, 9.17) is 4.74 Å². The second-order valence-electron chi connectivity index (χ2n) is 10.5. The van der Waals surface area contributed by atoms with Crippen molar-refractivity contribution in [3.05, 3.63) is 0 Å². The van der Waals surface area contributed by atoms with Gasteiger partial charge >= 0.3 is 11.9 Å². The van der Waals surface area contributed by atoms with E-state index in [0.29, 0.717) is 31.6 Å². The van der Waals surface area contributed by atoms with Gasteiger partial charge in [-0.2, -0.15) is 0 Å². The molecule has 1 aliphatic carbocycles. The number of carbonyl (C=O) groups is 2. The van der Waals surface area contributed by atoms with Gasteiger partial charge in [-0.25, -0.2) is 0 Å². The standard InChI is InChI=1S/C29H54O4/c1-4-7-9-10-11-12-13-14-16-19-27(24(17-6-3)18-15-8-5-2)33-29(32)26-22-20-25(21-23-26)28(30)31/h24-27H,4-23H2,1-3H3,(H,30,31). The summed E-state index contributed by atoms with van der Waals surface area (Å²) in [5.41, 5.74) is 0. The van der Waals surface area contributed by atoms with Gasteiger partial charge in [0.25, 0.3) is 0 Å². The molecule has 0 spiro atoms. The number of ether oxygens (including phenoxy) is 1. The minimum atomic E-state index is -0.719. The molecule has 1 N–H and O–H groups in total. The molecule has 0 radical (unpaired) electrons. The highest BCUT2D eigenvalue weighted by Crippen LogP contribution is 2.32. The highest BCUT2D eigenvalue weighted by molar-refractivity contribution is 5.74. The van der Waals surface area contributed by atoms with E-state index in [1.807, 2.05) is 0 Å². The SMILES string of the molecule is CCCCCCCCCCCC(OC(=O)C1CCC(C(=O)O)CC1)C(CCC)CCCCC. The average Bonchev–Trinajstić information content (AvgIpc) is 2.81. The van der Waals surface area contributed by atoms with E-state index >= 15 is 0 Å². The molecule has 0 aliphatic heterocycles. The Labute approximate surface area is 204 Å². The third-order valence-electron chi connectivity index (χ3n) is 7.63. The van der Waals surface area contributed by atoms with Crippen LogP contribution < -0.4 is 0 Å². The average molecular weight is 467 g/mol. The summed E-state index contributed by atoms with van der Waals surface area (Å²) in [6.45, 7) is 6.73. The van der Waals surface area contributed by atoms with Crippen molar-refractivity contribution in [2.75, 3.05) is 0 Å². The predicted octanol–water partition coefficient (Wildman–Crippen LogP) is 8.71. The third-order valence-corrected chi connectivity index (χ3v) is 7.63. The van der Waals surface area contributed by atoms with Crippen LogP contribution in [0.15, 0.2) is 0 Å². The van der Waals surface area contributed by atoms with Gasteiger partial charge in [-0.3, -0.25) is 9.59 Å². The van der Waals surface area contributed by atoms with Gasteiger partial charge in [-0.15, -0.1) is 0 Å². The summed E-state index contributed by atoms with van der Waals surface area (Å²) in [4.78, 5) is 24.3. The fraction of sp³-hybridized carbons (Fsp3) is 0.931. The molecular weight excluding hydrogens is 412 g/mol. The van der Waals surface area contributed by atoms with Gasteiger partial charge in [0.05, 0.1) is 11.8 Å². The molecule has 0 bridgehead atoms. The lowest BCUT2D eigenvalue weighted by molar-refractivity contribution is -0.160. The molecule has 4 heteroatoms. The number of hydrogen-bond acceptors (Lipinski definition) is 3. The summed E-state index contributed by atoms with van der Waals surface area (Å²) in [6, 6.07) is 0. The zero-order valence-electron chi connectivity index (χ0n) is 22.1. The molecule has 2 unspecified atom stereocenters. The molecule has 2 atom stereocenters. The molecular formula is C29H54O4. The molecule has 1 saturated carbocycles. The van der Waals surface area contributed by atoms with Crippen LogP contribution in [-0.4, -0.2) is 23.1 Å². The number of esters is 1. The lowest BCUT2D eigenvalue weighted by Gasteiger charge is -2.31. The van der Waals surface area contributed by atoms with Crippen molar-refractivity contribution < 1.29 is 19.4 Å². The Morgan fingerprint density at radius 1 is 0.667 bits per heavy atom. The molecule has 1 fully saturated rings. The van der Waals surface area contributed by atoms with E-state index in [1.54, 1.807) is 0 Å². The zero-order chi connectivity index (χ0) is 24.3. The fourth-order valence-corrected chi connectivity index (χ4v) is 5.41. The lowest BCUT2D eigenvalue weighted by Crippen LogP contribution is -2.33. The first-order valence-electron chi connectivity index (χ1n) is 14.5. The van der Waals surface area contributed by atoms with Gasteiger partial charge in [0.1, 0.15) is 6.10 Å². The number of carboxylic acid groups (broad SMARTS) is 1.